The molecule has 1 amide bonds. The molecular formula is C22H26N4O2S. The molecule has 152 valence electrons. The van der Waals surface area contributed by atoms with Gasteiger partial charge in [-0.05, 0) is 58.0 Å². The minimum atomic E-state index is -0.329. The number of hydrogen-bond donors (Lipinski definition) is 1. The lowest BCUT2D eigenvalue weighted by Crippen LogP contribution is -2.23. The zero-order valence-electron chi connectivity index (χ0n) is 17.3. The normalized spacial score (nSPS) is 12.1. The summed E-state index contributed by atoms with van der Waals surface area (Å²) in [4.78, 5) is 12.7. The van der Waals surface area contributed by atoms with Crippen LogP contribution < -0.4 is 10.1 Å². The zero-order chi connectivity index (χ0) is 21.0. The third-order valence-corrected chi connectivity index (χ3v) is 5.52. The van der Waals surface area contributed by atoms with Gasteiger partial charge >= 0.3 is 0 Å². The summed E-state index contributed by atoms with van der Waals surface area (Å²) in [6, 6.07) is 15.6. The van der Waals surface area contributed by atoms with Crippen molar-refractivity contribution in [3.8, 4) is 17.1 Å². The van der Waals surface area contributed by atoms with Gasteiger partial charge in [0.2, 0.25) is 5.91 Å². The van der Waals surface area contributed by atoms with E-state index in [-0.39, 0.29) is 17.2 Å². The van der Waals surface area contributed by atoms with Gasteiger partial charge in [-0.15, -0.1) is 10.2 Å². The number of rotatable bonds is 7. The summed E-state index contributed by atoms with van der Waals surface area (Å²) >= 11 is 1.41. The molecular weight excluding hydrogens is 384 g/mol. The van der Waals surface area contributed by atoms with Crippen molar-refractivity contribution >= 4 is 23.4 Å². The maximum atomic E-state index is 12.7. The summed E-state index contributed by atoms with van der Waals surface area (Å²) < 4.78 is 7.23. The van der Waals surface area contributed by atoms with Crippen LogP contribution in [-0.4, -0.2) is 33.0 Å². The van der Waals surface area contributed by atoms with Crippen LogP contribution in [0.3, 0.4) is 0 Å². The van der Waals surface area contributed by atoms with Crippen molar-refractivity contribution in [2.24, 2.45) is 0 Å². The van der Waals surface area contributed by atoms with Gasteiger partial charge < -0.3 is 10.1 Å². The van der Waals surface area contributed by atoms with Gasteiger partial charge in [0.15, 0.2) is 11.0 Å². The van der Waals surface area contributed by atoms with Crippen LogP contribution in [0.1, 0.15) is 32.4 Å². The lowest BCUT2D eigenvalue weighted by Gasteiger charge is -2.16. The van der Waals surface area contributed by atoms with E-state index in [1.54, 1.807) is 7.11 Å². The number of amides is 1. The molecule has 1 heterocycles. The Hall–Kier alpha value is -2.80. The molecule has 6 nitrogen and oxygen atoms in total. The Bertz CT molecular complexity index is 983. The summed E-state index contributed by atoms with van der Waals surface area (Å²) in [5.41, 5.74) is 2.92. The minimum absolute atomic E-state index is 0.0874. The van der Waals surface area contributed by atoms with Crippen molar-refractivity contribution in [3.05, 3.63) is 54.1 Å². The van der Waals surface area contributed by atoms with E-state index < -0.39 is 0 Å². The molecule has 0 aliphatic heterocycles. The first-order valence-corrected chi connectivity index (χ1v) is 10.4. The highest BCUT2D eigenvalue weighted by molar-refractivity contribution is 8.00. The number of hydrogen-bond acceptors (Lipinski definition) is 5. The van der Waals surface area contributed by atoms with Crippen molar-refractivity contribution in [3.63, 3.8) is 0 Å². The molecule has 0 spiro atoms. The Balaban J connectivity index is 1.77. The number of benzene rings is 2. The first-order valence-electron chi connectivity index (χ1n) is 9.52. The van der Waals surface area contributed by atoms with Gasteiger partial charge in [-0.3, -0.25) is 9.36 Å². The first-order chi connectivity index (χ1) is 13.9. The largest absolute Gasteiger partial charge is 0.497 e. The van der Waals surface area contributed by atoms with Crippen LogP contribution in [0.25, 0.3) is 11.4 Å². The summed E-state index contributed by atoms with van der Waals surface area (Å²) in [5, 5.41) is 12.1. The predicted octanol–water partition coefficient (Wildman–Crippen LogP) is 4.96. The number of anilines is 1. The number of ether oxygens (including phenoxy) is 1. The van der Waals surface area contributed by atoms with E-state index in [0.29, 0.717) is 0 Å². The second-order valence-electron chi connectivity index (χ2n) is 7.12. The summed E-state index contributed by atoms with van der Waals surface area (Å²) in [7, 11) is 1.61. The molecule has 0 aliphatic rings. The van der Waals surface area contributed by atoms with Gasteiger partial charge in [-0.25, -0.2) is 0 Å². The van der Waals surface area contributed by atoms with Crippen LogP contribution in [0.4, 0.5) is 5.69 Å². The second kappa shape index (κ2) is 9.13. The highest BCUT2D eigenvalue weighted by Crippen LogP contribution is 2.30. The minimum Gasteiger partial charge on any atom is -0.497 e. The number of thioether (sulfide) groups is 1. The second-order valence-corrected chi connectivity index (χ2v) is 8.43. The molecule has 1 aromatic heterocycles. The average Bonchev–Trinajstić information content (AvgIpc) is 3.12. The Labute approximate surface area is 175 Å². The van der Waals surface area contributed by atoms with Crippen LogP contribution in [0, 0.1) is 6.92 Å². The van der Waals surface area contributed by atoms with Gasteiger partial charge in [-0.2, -0.15) is 0 Å². The molecule has 2 aromatic carbocycles. The summed E-state index contributed by atoms with van der Waals surface area (Å²) in [5.74, 6) is 1.48. The fourth-order valence-corrected chi connectivity index (χ4v) is 3.91. The van der Waals surface area contributed by atoms with Crippen molar-refractivity contribution in [2.45, 2.75) is 44.1 Å². The number of carbonyl (C=O) groups excluding carboxylic acids is 1. The number of aryl methyl sites for hydroxylation is 1. The molecule has 7 heteroatoms. The topological polar surface area (TPSA) is 69.0 Å². The Kier molecular flexibility index (Phi) is 6.59. The van der Waals surface area contributed by atoms with Crippen molar-refractivity contribution in [1.29, 1.82) is 0 Å². The van der Waals surface area contributed by atoms with Crippen LogP contribution in [0.2, 0.25) is 0 Å². The molecule has 1 N–H and O–H groups in total. The zero-order valence-corrected chi connectivity index (χ0v) is 18.2. The van der Waals surface area contributed by atoms with E-state index in [1.165, 1.54) is 17.3 Å². The molecule has 0 fully saturated rings. The van der Waals surface area contributed by atoms with Crippen molar-refractivity contribution < 1.29 is 9.53 Å². The summed E-state index contributed by atoms with van der Waals surface area (Å²) in [6.07, 6.45) is 0. The molecule has 3 aromatic rings. The Morgan fingerprint density at radius 3 is 2.45 bits per heavy atom. The van der Waals surface area contributed by atoms with Crippen molar-refractivity contribution in [1.82, 2.24) is 14.8 Å². The molecule has 0 bridgehead atoms. The lowest BCUT2D eigenvalue weighted by molar-refractivity contribution is -0.115. The first kappa shape index (κ1) is 20.9. The quantitative estimate of drug-likeness (QED) is 0.558. The predicted molar refractivity (Wildman–Crippen MR) is 118 cm³/mol. The van der Waals surface area contributed by atoms with Gasteiger partial charge in [0.1, 0.15) is 5.75 Å². The number of nitrogens with zero attached hydrogens (tertiary/aromatic N) is 3. The molecule has 0 saturated carbocycles. The summed E-state index contributed by atoms with van der Waals surface area (Å²) in [6.45, 7) is 8.11. The lowest BCUT2D eigenvalue weighted by atomic mass is 10.1. The molecule has 0 aliphatic carbocycles. The molecule has 29 heavy (non-hydrogen) atoms. The van der Waals surface area contributed by atoms with Crippen LogP contribution in [0.5, 0.6) is 5.75 Å². The molecule has 0 radical (unpaired) electrons. The Morgan fingerprint density at radius 1 is 1.10 bits per heavy atom. The van der Waals surface area contributed by atoms with Crippen LogP contribution in [0.15, 0.2) is 53.7 Å². The third-order valence-electron chi connectivity index (χ3n) is 4.47. The van der Waals surface area contributed by atoms with E-state index >= 15 is 0 Å². The molecule has 3 rings (SSSR count). The van der Waals surface area contributed by atoms with Gasteiger partial charge in [0, 0.05) is 17.3 Å². The number of nitrogens with one attached hydrogen (secondary N) is 1. The van der Waals surface area contributed by atoms with Gasteiger partial charge in [0.05, 0.1) is 12.4 Å². The molecule has 1 unspecified atom stereocenters. The standard InChI is InChI=1S/C22H26N4O2S/c1-14(2)26-20(17-8-6-7-15(3)13-17)24-25-22(26)29-16(4)21(27)23-18-9-11-19(28-5)12-10-18/h6-14,16H,1-5H3,(H,23,27). The van der Waals surface area contributed by atoms with Gasteiger partial charge in [-0.1, -0.05) is 35.5 Å². The SMILES string of the molecule is COc1ccc(NC(=O)C(C)Sc2nnc(-c3cccc(C)c3)n2C(C)C)cc1. The highest BCUT2D eigenvalue weighted by Gasteiger charge is 2.22. The maximum Gasteiger partial charge on any atom is 0.237 e. The Morgan fingerprint density at radius 2 is 1.83 bits per heavy atom. The molecule has 0 saturated heterocycles. The maximum absolute atomic E-state index is 12.7. The van der Waals surface area contributed by atoms with Crippen LogP contribution >= 0.6 is 11.8 Å². The monoisotopic (exact) mass is 410 g/mol. The van der Waals surface area contributed by atoms with Gasteiger partial charge in [0.25, 0.3) is 0 Å². The highest BCUT2D eigenvalue weighted by atomic mass is 32.2. The van der Waals surface area contributed by atoms with Crippen LogP contribution in [-0.2, 0) is 4.79 Å². The van der Waals surface area contributed by atoms with E-state index in [4.69, 9.17) is 4.74 Å². The number of carbonyl (C=O) groups is 1. The molecule has 1 atom stereocenters. The van der Waals surface area contributed by atoms with E-state index in [0.717, 1.165) is 28.0 Å². The van der Waals surface area contributed by atoms with E-state index in [1.807, 2.05) is 43.3 Å². The van der Waals surface area contributed by atoms with E-state index in [2.05, 4.69) is 53.0 Å². The fourth-order valence-electron chi connectivity index (χ4n) is 2.93. The number of methoxy groups -OCH3 is 1. The smallest absolute Gasteiger partial charge is 0.237 e. The van der Waals surface area contributed by atoms with E-state index in [9.17, 15) is 4.79 Å². The fraction of sp³-hybridized carbons (Fsp3) is 0.318. The third kappa shape index (κ3) is 4.98. The average molecular weight is 411 g/mol. The number of aromatic nitrogens is 3. The van der Waals surface area contributed by atoms with Crippen molar-refractivity contribution in [2.75, 3.05) is 12.4 Å².